The minimum atomic E-state index is -0.0477. The second kappa shape index (κ2) is 5.24. The first-order valence-electron chi connectivity index (χ1n) is 6.26. The smallest absolute Gasteiger partial charge is 0.229 e. The Morgan fingerprint density at radius 2 is 2.22 bits per heavy atom. The highest BCUT2D eigenvalue weighted by Crippen LogP contribution is 2.29. The highest BCUT2D eigenvalue weighted by molar-refractivity contribution is 7.12. The monoisotopic (exact) mass is 264 g/mol. The van der Waals surface area contributed by atoms with Gasteiger partial charge in [0.25, 0.3) is 0 Å². The summed E-state index contributed by atoms with van der Waals surface area (Å²) in [4.78, 5) is 16.7. The van der Waals surface area contributed by atoms with Gasteiger partial charge in [0, 0.05) is 22.8 Å². The molecule has 0 aromatic carbocycles. The normalized spacial score (nSPS) is 24.2. The van der Waals surface area contributed by atoms with E-state index in [4.69, 9.17) is 5.73 Å². The first-order chi connectivity index (χ1) is 8.49. The van der Waals surface area contributed by atoms with Crippen molar-refractivity contribution in [2.24, 2.45) is 11.7 Å². The molecular weight excluding hydrogens is 244 g/mol. The number of hydrogen-bond acceptors (Lipinski definition) is 3. The molecule has 1 heterocycles. The minimum Gasteiger partial charge on any atom is -0.338 e. The Bertz CT molecular complexity index is 466. The van der Waals surface area contributed by atoms with E-state index in [0.29, 0.717) is 0 Å². The summed E-state index contributed by atoms with van der Waals surface area (Å²) in [5.41, 5.74) is 5.80. The first kappa shape index (κ1) is 13.3. The summed E-state index contributed by atoms with van der Waals surface area (Å²) < 4.78 is 0. The number of nitrogens with zero attached hydrogens (tertiary/aromatic N) is 1. The molecule has 0 bridgehead atoms. The van der Waals surface area contributed by atoms with Gasteiger partial charge in [-0.15, -0.1) is 11.3 Å². The maximum absolute atomic E-state index is 12.3. The van der Waals surface area contributed by atoms with Crippen LogP contribution in [-0.4, -0.2) is 23.9 Å². The molecular formula is C14H20N2OS. The highest BCUT2D eigenvalue weighted by Gasteiger charge is 2.28. The Kier molecular flexibility index (Phi) is 3.88. The Morgan fingerprint density at radius 3 is 2.72 bits per heavy atom. The molecule has 18 heavy (non-hydrogen) atoms. The van der Waals surface area contributed by atoms with Crippen molar-refractivity contribution in [2.45, 2.75) is 32.4 Å². The molecule has 1 aliphatic rings. The van der Waals surface area contributed by atoms with E-state index in [9.17, 15) is 4.79 Å². The molecule has 0 radical (unpaired) electrons. The van der Waals surface area contributed by atoms with Crippen molar-refractivity contribution in [1.82, 2.24) is 4.90 Å². The van der Waals surface area contributed by atoms with Crippen molar-refractivity contribution >= 4 is 17.2 Å². The fourth-order valence-corrected chi connectivity index (χ4v) is 3.20. The Morgan fingerprint density at radius 1 is 1.50 bits per heavy atom. The van der Waals surface area contributed by atoms with Gasteiger partial charge in [0.2, 0.25) is 5.91 Å². The van der Waals surface area contributed by atoms with Gasteiger partial charge in [-0.25, -0.2) is 0 Å². The van der Waals surface area contributed by atoms with E-state index in [1.165, 1.54) is 9.75 Å². The molecule has 1 amide bonds. The molecule has 1 aromatic heterocycles. The molecule has 98 valence electrons. The molecule has 0 spiro atoms. The summed E-state index contributed by atoms with van der Waals surface area (Å²) in [6.07, 6.45) is 4.60. The van der Waals surface area contributed by atoms with Gasteiger partial charge in [0.1, 0.15) is 0 Å². The van der Waals surface area contributed by atoms with E-state index in [2.05, 4.69) is 26.0 Å². The van der Waals surface area contributed by atoms with Gasteiger partial charge in [-0.1, -0.05) is 12.2 Å². The van der Waals surface area contributed by atoms with Crippen LogP contribution in [0.1, 0.15) is 29.1 Å². The third kappa shape index (κ3) is 2.65. The molecule has 0 aliphatic heterocycles. The van der Waals surface area contributed by atoms with E-state index in [-0.39, 0.29) is 23.9 Å². The molecule has 2 N–H and O–H groups in total. The maximum Gasteiger partial charge on any atom is 0.229 e. The molecule has 3 nitrogen and oxygen atoms in total. The van der Waals surface area contributed by atoms with Crippen LogP contribution in [0, 0.1) is 12.8 Å². The van der Waals surface area contributed by atoms with Crippen LogP contribution in [0.15, 0.2) is 24.3 Å². The fraction of sp³-hybridized carbons (Fsp3) is 0.500. The Balaban J connectivity index is 2.04. The van der Waals surface area contributed by atoms with Crippen LogP contribution in [0.3, 0.4) is 0 Å². The number of hydrogen-bond donors (Lipinski definition) is 1. The lowest BCUT2D eigenvalue weighted by molar-refractivity contribution is -0.134. The average Bonchev–Trinajstić information content (AvgIpc) is 2.95. The lowest BCUT2D eigenvalue weighted by Crippen LogP contribution is -2.34. The van der Waals surface area contributed by atoms with Crippen molar-refractivity contribution in [3.8, 4) is 0 Å². The Hall–Kier alpha value is -1.13. The topological polar surface area (TPSA) is 46.3 Å². The third-order valence-electron chi connectivity index (χ3n) is 3.54. The Labute approximate surface area is 112 Å². The van der Waals surface area contributed by atoms with Gasteiger partial charge in [0.15, 0.2) is 0 Å². The van der Waals surface area contributed by atoms with Gasteiger partial charge in [-0.3, -0.25) is 4.79 Å². The number of thiophene rings is 1. The largest absolute Gasteiger partial charge is 0.338 e. The van der Waals surface area contributed by atoms with Gasteiger partial charge >= 0.3 is 0 Å². The van der Waals surface area contributed by atoms with Crippen LogP contribution in [0.5, 0.6) is 0 Å². The molecule has 3 atom stereocenters. The van der Waals surface area contributed by atoms with E-state index < -0.39 is 0 Å². The van der Waals surface area contributed by atoms with Crippen molar-refractivity contribution < 1.29 is 4.79 Å². The van der Waals surface area contributed by atoms with Crippen molar-refractivity contribution in [3.63, 3.8) is 0 Å². The molecule has 4 heteroatoms. The van der Waals surface area contributed by atoms with Crippen LogP contribution in [0.25, 0.3) is 0 Å². The van der Waals surface area contributed by atoms with Crippen LogP contribution in [0.4, 0.5) is 0 Å². The van der Waals surface area contributed by atoms with Gasteiger partial charge in [0.05, 0.1) is 12.0 Å². The molecule has 2 rings (SSSR count). The zero-order valence-corrected chi connectivity index (χ0v) is 11.9. The number of aryl methyl sites for hydroxylation is 1. The standard InChI is InChI=1S/C14H20N2OS/c1-9-4-7-13(18-9)10(2)16(3)14(17)11-5-6-12(15)8-11/h4-7,10-12H,8,15H2,1-3H3. The van der Waals surface area contributed by atoms with Gasteiger partial charge < -0.3 is 10.6 Å². The van der Waals surface area contributed by atoms with Gasteiger partial charge in [-0.05, 0) is 32.4 Å². The van der Waals surface area contributed by atoms with Gasteiger partial charge in [-0.2, -0.15) is 0 Å². The van der Waals surface area contributed by atoms with Crippen LogP contribution >= 0.6 is 11.3 Å². The summed E-state index contributed by atoms with van der Waals surface area (Å²) in [7, 11) is 1.87. The van der Waals surface area contributed by atoms with Crippen molar-refractivity contribution in [3.05, 3.63) is 34.0 Å². The molecule has 0 saturated carbocycles. The van der Waals surface area contributed by atoms with E-state index in [1.807, 2.05) is 24.1 Å². The fourth-order valence-electron chi connectivity index (χ4n) is 2.23. The summed E-state index contributed by atoms with van der Waals surface area (Å²) in [5.74, 6) is 0.117. The van der Waals surface area contributed by atoms with Crippen LogP contribution in [0.2, 0.25) is 0 Å². The second-order valence-corrected chi connectivity index (χ2v) is 6.28. The van der Waals surface area contributed by atoms with E-state index in [1.54, 1.807) is 11.3 Å². The maximum atomic E-state index is 12.3. The number of rotatable bonds is 3. The third-order valence-corrected chi connectivity index (χ3v) is 4.71. The average molecular weight is 264 g/mol. The van der Waals surface area contributed by atoms with Crippen molar-refractivity contribution in [1.29, 1.82) is 0 Å². The number of amides is 1. The SMILES string of the molecule is Cc1ccc(C(C)N(C)C(=O)C2C=CC(N)C2)s1. The molecule has 1 aromatic rings. The summed E-state index contributed by atoms with van der Waals surface area (Å²) in [6.45, 7) is 4.16. The predicted molar refractivity (Wildman–Crippen MR) is 75.5 cm³/mol. The molecule has 1 aliphatic carbocycles. The highest BCUT2D eigenvalue weighted by atomic mass is 32.1. The van der Waals surface area contributed by atoms with E-state index in [0.717, 1.165) is 6.42 Å². The lowest BCUT2D eigenvalue weighted by atomic mass is 10.1. The zero-order valence-electron chi connectivity index (χ0n) is 11.1. The first-order valence-corrected chi connectivity index (χ1v) is 7.07. The quantitative estimate of drug-likeness (QED) is 0.853. The second-order valence-electron chi connectivity index (χ2n) is 4.96. The lowest BCUT2D eigenvalue weighted by Gasteiger charge is -2.26. The number of nitrogens with two attached hydrogens (primary N) is 1. The molecule has 0 saturated heterocycles. The van der Waals surface area contributed by atoms with Crippen molar-refractivity contribution in [2.75, 3.05) is 7.05 Å². The summed E-state index contributed by atoms with van der Waals surface area (Å²) in [6, 6.07) is 4.36. The number of carbonyl (C=O) groups is 1. The number of carbonyl (C=O) groups excluding carboxylic acids is 1. The zero-order chi connectivity index (χ0) is 13.3. The van der Waals surface area contributed by atoms with Crippen LogP contribution in [-0.2, 0) is 4.79 Å². The van der Waals surface area contributed by atoms with E-state index >= 15 is 0 Å². The minimum absolute atomic E-state index is 0.0339. The predicted octanol–water partition coefficient (Wildman–Crippen LogP) is 2.48. The summed E-state index contributed by atoms with van der Waals surface area (Å²) in [5, 5.41) is 0. The van der Waals surface area contributed by atoms with Crippen LogP contribution < -0.4 is 5.73 Å². The molecule has 0 fully saturated rings. The summed E-state index contributed by atoms with van der Waals surface area (Å²) >= 11 is 1.75. The molecule has 3 unspecified atom stereocenters.